The zero-order chi connectivity index (χ0) is 6.69. The summed E-state index contributed by atoms with van der Waals surface area (Å²) >= 11 is 0. The molecule has 9 heavy (non-hydrogen) atoms. The monoisotopic (exact) mass is 138 g/mol. The SMILES string of the molecule is CC1C=CC=CC(P)=C1. The number of allylic oxidation sites excluding steroid dienone is 6. The van der Waals surface area contributed by atoms with Gasteiger partial charge < -0.3 is 0 Å². The van der Waals surface area contributed by atoms with Gasteiger partial charge in [-0.2, -0.15) is 0 Å². The Labute approximate surface area is 58.5 Å². The van der Waals surface area contributed by atoms with Crippen molar-refractivity contribution in [1.82, 2.24) is 0 Å². The van der Waals surface area contributed by atoms with Crippen LogP contribution in [0.3, 0.4) is 0 Å². The molecule has 0 N–H and O–H groups in total. The largest absolute Gasteiger partial charge is 0.106 e. The standard InChI is InChI=1S/C8H11P/c1-7-4-2-3-5-8(9)6-7/h2-7H,9H2,1H3. The van der Waals surface area contributed by atoms with Gasteiger partial charge in [0.1, 0.15) is 0 Å². The van der Waals surface area contributed by atoms with Crippen LogP contribution in [0.1, 0.15) is 6.92 Å². The van der Waals surface area contributed by atoms with Crippen molar-refractivity contribution in [2.24, 2.45) is 5.92 Å². The first-order valence-electron chi connectivity index (χ1n) is 3.11. The van der Waals surface area contributed by atoms with Crippen LogP contribution in [0.15, 0.2) is 35.7 Å². The van der Waals surface area contributed by atoms with Gasteiger partial charge in [0.15, 0.2) is 0 Å². The van der Waals surface area contributed by atoms with E-state index in [2.05, 4.69) is 46.5 Å². The molecule has 1 heteroatoms. The molecule has 1 rings (SSSR count). The fraction of sp³-hybridized carbons (Fsp3) is 0.250. The lowest BCUT2D eigenvalue weighted by atomic mass is 10.2. The van der Waals surface area contributed by atoms with Gasteiger partial charge >= 0.3 is 0 Å². The summed E-state index contributed by atoms with van der Waals surface area (Å²) in [5.41, 5.74) is 0. The molecule has 0 amide bonds. The third-order valence-corrected chi connectivity index (χ3v) is 1.65. The molecule has 0 radical (unpaired) electrons. The molecule has 0 saturated carbocycles. The lowest BCUT2D eigenvalue weighted by Gasteiger charge is -1.94. The Morgan fingerprint density at radius 3 is 3.00 bits per heavy atom. The summed E-state index contributed by atoms with van der Waals surface area (Å²) in [4.78, 5) is 0. The lowest BCUT2D eigenvalue weighted by Crippen LogP contribution is -1.79. The second kappa shape index (κ2) is 2.98. The first-order valence-corrected chi connectivity index (χ1v) is 3.69. The normalized spacial score (nSPS) is 25.6. The molecule has 0 spiro atoms. The van der Waals surface area contributed by atoms with E-state index in [-0.39, 0.29) is 0 Å². The van der Waals surface area contributed by atoms with E-state index >= 15 is 0 Å². The Morgan fingerprint density at radius 1 is 1.44 bits per heavy atom. The molecule has 0 aromatic rings. The van der Waals surface area contributed by atoms with E-state index in [1.54, 1.807) is 0 Å². The average Bonchev–Trinajstić information content (AvgIpc) is 1.93. The molecule has 0 saturated heterocycles. The highest BCUT2D eigenvalue weighted by Gasteiger charge is 1.92. The molecule has 0 aromatic heterocycles. The van der Waals surface area contributed by atoms with Gasteiger partial charge in [-0.3, -0.25) is 0 Å². The zero-order valence-electron chi connectivity index (χ0n) is 5.54. The molecule has 48 valence electrons. The summed E-state index contributed by atoms with van der Waals surface area (Å²) in [6.45, 7) is 2.17. The van der Waals surface area contributed by atoms with Crippen molar-refractivity contribution in [3.63, 3.8) is 0 Å². The molecular weight excluding hydrogens is 127 g/mol. The van der Waals surface area contributed by atoms with Crippen molar-refractivity contribution in [2.75, 3.05) is 0 Å². The number of rotatable bonds is 0. The van der Waals surface area contributed by atoms with Gasteiger partial charge in [-0.15, -0.1) is 9.24 Å². The highest BCUT2D eigenvalue weighted by atomic mass is 31.0. The van der Waals surface area contributed by atoms with Crippen LogP contribution in [0.5, 0.6) is 0 Å². The molecule has 1 aliphatic carbocycles. The number of hydrogen-bond donors (Lipinski definition) is 0. The summed E-state index contributed by atoms with van der Waals surface area (Å²) in [7, 11) is 2.70. The van der Waals surface area contributed by atoms with Gasteiger partial charge in [0.05, 0.1) is 0 Å². The maximum absolute atomic E-state index is 2.70. The summed E-state index contributed by atoms with van der Waals surface area (Å²) in [6.07, 6.45) is 10.6. The van der Waals surface area contributed by atoms with Crippen LogP contribution in [0.2, 0.25) is 0 Å². The highest BCUT2D eigenvalue weighted by Crippen LogP contribution is 2.15. The van der Waals surface area contributed by atoms with Crippen molar-refractivity contribution in [2.45, 2.75) is 6.92 Å². The first-order chi connectivity index (χ1) is 4.29. The minimum atomic E-state index is 0.576. The maximum Gasteiger partial charge on any atom is -0.00696 e. The highest BCUT2D eigenvalue weighted by molar-refractivity contribution is 7.22. The van der Waals surface area contributed by atoms with Crippen molar-refractivity contribution < 1.29 is 0 Å². The Kier molecular flexibility index (Phi) is 2.24. The van der Waals surface area contributed by atoms with Gasteiger partial charge in [-0.25, -0.2) is 0 Å². The molecule has 0 aromatic carbocycles. The quantitative estimate of drug-likeness (QED) is 0.451. The van der Waals surface area contributed by atoms with Crippen LogP contribution in [0, 0.1) is 5.92 Å². The van der Waals surface area contributed by atoms with E-state index in [0.29, 0.717) is 5.92 Å². The van der Waals surface area contributed by atoms with Crippen LogP contribution >= 0.6 is 9.24 Å². The van der Waals surface area contributed by atoms with Gasteiger partial charge in [0.2, 0.25) is 0 Å². The van der Waals surface area contributed by atoms with Gasteiger partial charge in [0.25, 0.3) is 0 Å². The summed E-state index contributed by atoms with van der Waals surface area (Å²) in [5.74, 6) is 0.576. The predicted molar refractivity (Wildman–Crippen MR) is 45.2 cm³/mol. The minimum Gasteiger partial charge on any atom is -0.106 e. The van der Waals surface area contributed by atoms with Crippen molar-refractivity contribution in [3.8, 4) is 0 Å². The number of hydrogen-bond acceptors (Lipinski definition) is 0. The topological polar surface area (TPSA) is 0 Å². The van der Waals surface area contributed by atoms with Gasteiger partial charge in [0, 0.05) is 0 Å². The lowest BCUT2D eigenvalue weighted by molar-refractivity contribution is 0.941. The minimum absolute atomic E-state index is 0.576. The molecule has 0 fully saturated rings. The smallest absolute Gasteiger partial charge is 0.00696 e. The van der Waals surface area contributed by atoms with E-state index in [1.165, 1.54) is 5.31 Å². The Hall–Kier alpha value is -0.350. The van der Waals surface area contributed by atoms with Crippen LogP contribution < -0.4 is 0 Å². The van der Waals surface area contributed by atoms with Gasteiger partial charge in [-0.1, -0.05) is 37.3 Å². The molecule has 0 aliphatic heterocycles. The Bertz CT molecular complexity index is 175. The van der Waals surface area contributed by atoms with E-state index in [9.17, 15) is 0 Å². The van der Waals surface area contributed by atoms with Crippen molar-refractivity contribution in [1.29, 1.82) is 0 Å². The molecule has 0 heterocycles. The average molecular weight is 138 g/mol. The molecule has 0 bridgehead atoms. The molecule has 1 aliphatic rings. The maximum atomic E-state index is 2.70. The summed E-state index contributed by atoms with van der Waals surface area (Å²) < 4.78 is 0. The van der Waals surface area contributed by atoms with Crippen LogP contribution in [0.4, 0.5) is 0 Å². The summed E-state index contributed by atoms with van der Waals surface area (Å²) in [5, 5.41) is 1.27. The molecule has 2 atom stereocenters. The Morgan fingerprint density at radius 2 is 2.22 bits per heavy atom. The summed E-state index contributed by atoms with van der Waals surface area (Å²) in [6, 6.07) is 0. The van der Waals surface area contributed by atoms with Crippen LogP contribution in [-0.2, 0) is 0 Å². The fourth-order valence-electron chi connectivity index (χ4n) is 0.821. The van der Waals surface area contributed by atoms with E-state index < -0.39 is 0 Å². The van der Waals surface area contributed by atoms with E-state index in [0.717, 1.165) is 0 Å². The third-order valence-electron chi connectivity index (χ3n) is 1.27. The van der Waals surface area contributed by atoms with E-state index in [1.807, 2.05) is 0 Å². The second-order valence-corrected chi connectivity index (χ2v) is 2.94. The van der Waals surface area contributed by atoms with Crippen molar-refractivity contribution >= 4 is 9.24 Å². The van der Waals surface area contributed by atoms with Gasteiger partial charge in [-0.05, 0) is 11.2 Å². The third kappa shape index (κ3) is 2.15. The zero-order valence-corrected chi connectivity index (χ0v) is 6.70. The molecular formula is C8H11P. The molecule has 2 unspecified atom stereocenters. The fourth-order valence-corrected chi connectivity index (χ4v) is 1.24. The van der Waals surface area contributed by atoms with Crippen LogP contribution in [-0.4, -0.2) is 0 Å². The van der Waals surface area contributed by atoms with Crippen LogP contribution in [0.25, 0.3) is 0 Å². The predicted octanol–water partition coefficient (Wildman–Crippen LogP) is 2.51. The molecule has 0 nitrogen and oxygen atoms in total. The Balaban J connectivity index is 2.77. The van der Waals surface area contributed by atoms with E-state index in [4.69, 9.17) is 0 Å². The van der Waals surface area contributed by atoms with Crippen molar-refractivity contribution in [3.05, 3.63) is 35.7 Å². The first kappa shape index (κ1) is 6.77. The second-order valence-electron chi connectivity index (χ2n) is 2.27.